The number of hydrogen-bond donors (Lipinski definition) is 2. The Morgan fingerprint density at radius 3 is 2.86 bits per heavy atom. The number of amides is 2. The Labute approximate surface area is 123 Å². The molecular formula is C16H18N2O3. The minimum Gasteiger partial charge on any atom is -0.491 e. The smallest absolute Gasteiger partial charge is 0.317 e. The summed E-state index contributed by atoms with van der Waals surface area (Å²) in [6.07, 6.45) is 0. The third-order valence-electron chi connectivity index (χ3n) is 3.72. The van der Waals surface area contributed by atoms with Crippen molar-refractivity contribution in [3.63, 3.8) is 0 Å². The van der Waals surface area contributed by atoms with E-state index >= 15 is 0 Å². The van der Waals surface area contributed by atoms with Gasteiger partial charge in [-0.3, -0.25) is 0 Å². The van der Waals surface area contributed by atoms with E-state index in [4.69, 9.17) is 4.74 Å². The van der Waals surface area contributed by atoms with Crippen molar-refractivity contribution in [3.8, 4) is 5.75 Å². The Kier molecular flexibility index (Phi) is 3.92. The number of aliphatic hydroxyl groups is 1. The molecule has 2 aromatic carbocycles. The summed E-state index contributed by atoms with van der Waals surface area (Å²) in [7, 11) is 0. The molecule has 1 fully saturated rings. The first-order valence-corrected chi connectivity index (χ1v) is 7.06. The number of urea groups is 1. The summed E-state index contributed by atoms with van der Waals surface area (Å²) in [6, 6.07) is 11.7. The van der Waals surface area contributed by atoms with Crippen molar-refractivity contribution in [2.45, 2.75) is 6.61 Å². The molecule has 5 heteroatoms. The van der Waals surface area contributed by atoms with Gasteiger partial charge in [0.1, 0.15) is 12.4 Å². The molecule has 1 heterocycles. The molecule has 2 amide bonds. The summed E-state index contributed by atoms with van der Waals surface area (Å²) >= 11 is 0. The monoisotopic (exact) mass is 286 g/mol. The number of fused-ring (bicyclic) bond motifs is 1. The lowest BCUT2D eigenvalue weighted by atomic mass is 10.0. The summed E-state index contributed by atoms with van der Waals surface area (Å²) < 4.78 is 5.76. The Morgan fingerprint density at radius 1 is 1.24 bits per heavy atom. The van der Waals surface area contributed by atoms with Crippen molar-refractivity contribution in [2.24, 2.45) is 0 Å². The highest BCUT2D eigenvalue weighted by molar-refractivity contribution is 5.87. The van der Waals surface area contributed by atoms with Gasteiger partial charge in [-0.1, -0.05) is 30.3 Å². The average Bonchev–Trinajstić information content (AvgIpc) is 2.92. The van der Waals surface area contributed by atoms with Crippen molar-refractivity contribution in [2.75, 3.05) is 26.2 Å². The molecule has 21 heavy (non-hydrogen) atoms. The third kappa shape index (κ3) is 2.78. The molecule has 0 atom stereocenters. The average molecular weight is 286 g/mol. The van der Waals surface area contributed by atoms with Gasteiger partial charge in [-0.05, 0) is 16.8 Å². The maximum absolute atomic E-state index is 11.4. The number of aliphatic hydroxyl groups excluding tert-OH is 1. The van der Waals surface area contributed by atoms with E-state index in [0.29, 0.717) is 32.0 Å². The largest absolute Gasteiger partial charge is 0.491 e. The number of benzene rings is 2. The van der Waals surface area contributed by atoms with Gasteiger partial charge in [0.05, 0.1) is 13.2 Å². The number of ether oxygens (including phenoxy) is 1. The summed E-state index contributed by atoms with van der Waals surface area (Å²) in [5, 5.41) is 14.4. The quantitative estimate of drug-likeness (QED) is 0.880. The number of hydrogen-bond acceptors (Lipinski definition) is 3. The van der Waals surface area contributed by atoms with Gasteiger partial charge < -0.3 is 20.1 Å². The van der Waals surface area contributed by atoms with Crippen LogP contribution in [0.25, 0.3) is 10.8 Å². The van der Waals surface area contributed by atoms with E-state index in [1.807, 2.05) is 36.4 Å². The first kappa shape index (κ1) is 13.7. The fourth-order valence-electron chi connectivity index (χ4n) is 2.60. The predicted molar refractivity (Wildman–Crippen MR) is 80.3 cm³/mol. The lowest BCUT2D eigenvalue weighted by Gasteiger charge is -2.16. The van der Waals surface area contributed by atoms with Crippen LogP contribution in [0, 0.1) is 0 Å². The minimum atomic E-state index is -0.0686. The van der Waals surface area contributed by atoms with Gasteiger partial charge in [0.25, 0.3) is 0 Å². The molecule has 5 nitrogen and oxygen atoms in total. The summed E-state index contributed by atoms with van der Waals surface area (Å²) in [5.74, 6) is 0.677. The molecular weight excluding hydrogens is 268 g/mol. The SMILES string of the molecule is O=C1NCCN1CCOc1ccc2ccccc2c1CO. The Hall–Kier alpha value is -2.27. The minimum absolute atomic E-state index is 0.0421. The van der Waals surface area contributed by atoms with Crippen LogP contribution in [0.3, 0.4) is 0 Å². The molecule has 0 bridgehead atoms. The second-order valence-electron chi connectivity index (χ2n) is 4.99. The Bertz CT molecular complexity index is 657. The van der Waals surface area contributed by atoms with Gasteiger partial charge >= 0.3 is 6.03 Å². The molecule has 0 aromatic heterocycles. The second-order valence-corrected chi connectivity index (χ2v) is 4.99. The predicted octanol–water partition coefficient (Wildman–Crippen LogP) is 1.74. The van der Waals surface area contributed by atoms with Gasteiger partial charge in [0.2, 0.25) is 0 Å². The van der Waals surface area contributed by atoms with Crippen LogP contribution >= 0.6 is 0 Å². The van der Waals surface area contributed by atoms with Gasteiger partial charge in [-0.15, -0.1) is 0 Å². The topological polar surface area (TPSA) is 61.8 Å². The summed E-state index contributed by atoms with van der Waals surface area (Å²) in [4.78, 5) is 13.2. The number of rotatable bonds is 5. The van der Waals surface area contributed by atoms with E-state index in [1.165, 1.54) is 0 Å². The molecule has 2 N–H and O–H groups in total. The van der Waals surface area contributed by atoms with Crippen LogP contribution in [-0.2, 0) is 6.61 Å². The Morgan fingerprint density at radius 2 is 2.10 bits per heavy atom. The van der Waals surface area contributed by atoms with Gasteiger partial charge in [0, 0.05) is 18.7 Å². The molecule has 2 aromatic rings. The molecule has 0 spiro atoms. The number of nitrogens with zero attached hydrogens (tertiary/aromatic N) is 1. The fraction of sp³-hybridized carbons (Fsp3) is 0.312. The maximum Gasteiger partial charge on any atom is 0.317 e. The third-order valence-corrected chi connectivity index (χ3v) is 3.72. The van der Waals surface area contributed by atoms with Crippen LogP contribution < -0.4 is 10.1 Å². The normalized spacial score (nSPS) is 14.5. The van der Waals surface area contributed by atoms with Crippen LogP contribution in [-0.4, -0.2) is 42.3 Å². The van der Waals surface area contributed by atoms with E-state index in [9.17, 15) is 9.90 Å². The first-order valence-electron chi connectivity index (χ1n) is 7.06. The van der Waals surface area contributed by atoms with Crippen molar-refractivity contribution in [1.29, 1.82) is 0 Å². The van der Waals surface area contributed by atoms with Crippen LogP contribution in [0.4, 0.5) is 4.79 Å². The van der Waals surface area contributed by atoms with Crippen molar-refractivity contribution in [1.82, 2.24) is 10.2 Å². The van der Waals surface area contributed by atoms with Crippen molar-refractivity contribution < 1.29 is 14.6 Å². The van der Waals surface area contributed by atoms with Crippen molar-refractivity contribution >= 4 is 16.8 Å². The number of carbonyl (C=O) groups excluding carboxylic acids is 1. The molecule has 0 unspecified atom stereocenters. The second kappa shape index (κ2) is 6.01. The lowest BCUT2D eigenvalue weighted by molar-refractivity contribution is 0.201. The highest BCUT2D eigenvalue weighted by Crippen LogP contribution is 2.28. The van der Waals surface area contributed by atoms with Crippen LogP contribution in [0.1, 0.15) is 5.56 Å². The zero-order valence-corrected chi connectivity index (χ0v) is 11.7. The standard InChI is InChI=1S/C16H18N2O3/c19-11-14-13-4-2-1-3-12(13)5-6-15(14)21-10-9-18-8-7-17-16(18)20/h1-6,19H,7-11H2,(H,17,20). The van der Waals surface area contributed by atoms with Gasteiger partial charge in [-0.2, -0.15) is 0 Å². The van der Waals surface area contributed by atoms with Crippen LogP contribution in [0.2, 0.25) is 0 Å². The van der Waals surface area contributed by atoms with E-state index in [2.05, 4.69) is 5.32 Å². The molecule has 110 valence electrons. The van der Waals surface area contributed by atoms with E-state index in [-0.39, 0.29) is 12.6 Å². The van der Waals surface area contributed by atoms with E-state index in [1.54, 1.807) is 4.90 Å². The highest BCUT2D eigenvalue weighted by Gasteiger charge is 2.19. The van der Waals surface area contributed by atoms with E-state index in [0.717, 1.165) is 16.3 Å². The van der Waals surface area contributed by atoms with Gasteiger partial charge in [0.15, 0.2) is 0 Å². The molecule has 1 aliphatic heterocycles. The van der Waals surface area contributed by atoms with Crippen molar-refractivity contribution in [3.05, 3.63) is 42.0 Å². The first-order chi connectivity index (χ1) is 10.3. The van der Waals surface area contributed by atoms with E-state index < -0.39 is 0 Å². The zero-order chi connectivity index (χ0) is 14.7. The van der Waals surface area contributed by atoms with Gasteiger partial charge in [-0.25, -0.2) is 4.79 Å². The molecule has 1 saturated heterocycles. The zero-order valence-electron chi connectivity index (χ0n) is 11.7. The molecule has 0 saturated carbocycles. The molecule has 0 aliphatic carbocycles. The Balaban J connectivity index is 1.73. The van der Waals surface area contributed by atoms with Crippen LogP contribution in [0.15, 0.2) is 36.4 Å². The summed E-state index contributed by atoms with van der Waals surface area (Å²) in [6.45, 7) is 2.30. The lowest BCUT2D eigenvalue weighted by Crippen LogP contribution is -2.31. The molecule has 0 radical (unpaired) electrons. The number of nitrogens with one attached hydrogen (secondary N) is 1. The summed E-state index contributed by atoms with van der Waals surface area (Å²) in [5.41, 5.74) is 0.791. The maximum atomic E-state index is 11.4. The molecule has 1 aliphatic rings. The molecule has 3 rings (SSSR count). The van der Waals surface area contributed by atoms with Crippen LogP contribution in [0.5, 0.6) is 5.75 Å². The fourth-order valence-corrected chi connectivity index (χ4v) is 2.60. The highest BCUT2D eigenvalue weighted by atomic mass is 16.5. The number of carbonyl (C=O) groups is 1.